The maximum absolute atomic E-state index is 6.13. The van der Waals surface area contributed by atoms with Crippen molar-refractivity contribution in [2.45, 2.75) is 52.0 Å². The zero-order chi connectivity index (χ0) is 14.8. The van der Waals surface area contributed by atoms with Crippen molar-refractivity contribution in [3.63, 3.8) is 0 Å². The number of alkyl halides is 1. The van der Waals surface area contributed by atoms with Gasteiger partial charge in [-0.05, 0) is 38.8 Å². The van der Waals surface area contributed by atoms with Gasteiger partial charge in [0.2, 0.25) is 0 Å². The minimum absolute atomic E-state index is 0.0316. The smallest absolute Gasteiger partial charge is 0.147 e. The monoisotopic (exact) mass is 294 g/mol. The highest BCUT2D eigenvalue weighted by molar-refractivity contribution is 6.16. The van der Waals surface area contributed by atoms with E-state index in [4.69, 9.17) is 21.3 Å². The quantitative estimate of drug-likeness (QED) is 0.722. The number of aromatic nitrogens is 2. The molecule has 0 aliphatic heterocycles. The van der Waals surface area contributed by atoms with Gasteiger partial charge < -0.3 is 9.30 Å². The van der Waals surface area contributed by atoms with Gasteiger partial charge in [-0.15, -0.1) is 11.6 Å². The first-order valence-corrected chi connectivity index (χ1v) is 7.84. The molecule has 0 radical (unpaired) electrons. The maximum atomic E-state index is 6.13. The molecular formula is C16H23ClN2O. The molecule has 4 heteroatoms. The molecule has 0 amide bonds. The van der Waals surface area contributed by atoms with E-state index in [0.29, 0.717) is 12.5 Å². The van der Waals surface area contributed by atoms with Crippen LogP contribution in [0.25, 0.3) is 11.0 Å². The van der Waals surface area contributed by atoms with Crippen LogP contribution >= 0.6 is 11.6 Å². The third-order valence-electron chi connectivity index (χ3n) is 4.20. The second kappa shape index (κ2) is 6.04. The van der Waals surface area contributed by atoms with E-state index >= 15 is 0 Å². The van der Waals surface area contributed by atoms with Gasteiger partial charge in [0.25, 0.3) is 0 Å². The van der Waals surface area contributed by atoms with Gasteiger partial charge in [-0.25, -0.2) is 4.98 Å². The first-order chi connectivity index (χ1) is 9.61. The summed E-state index contributed by atoms with van der Waals surface area (Å²) in [7, 11) is 0. The number of fused-ring (bicyclic) bond motifs is 1. The van der Waals surface area contributed by atoms with Gasteiger partial charge in [-0.2, -0.15) is 0 Å². The fourth-order valence-corrected chi connectivity index (χ4v) is 2.83. The van der Waals surface area contributed by atoms with Gasteiger partial charge in [0.15, 0.2) is 0 Å². The zero-order valence-electron chi connectivity index (χ0n) is 12.7. The van der Waals surface area contributed by atoms with E-state index in [2.05, 4.69) is 31.4 Å². The van der Waals surface area contributed by atoms with Crippen LogP contribution < -0.4 is 4.74 Å². The van der Waals surface area contributed by atoms with Crippen molar-refractivity contribution in [2.75, 3.05) is 6.61 Å². The predicted molar refractivity (Wildman–Crippen MR) is 84.7 cm³/mol. The van der Waals surface area contributed by atoms with Gasteiger partial charge in [0.1, 0.15) is 17.1 Å². The third kappa shape index (κ3) is 2.39. The summed E-state index contributed by atoms with van der Waals surface area (Å²) < 4.78 is 7.98. The minimum atomic E-state index is 0.0316. The van der Waals surface area contributed by atoms with Crippen molar-refractivity contribution in [1.82, 2.24) is 9.55 Å². The van der Waals surface area contributed by atoms with Crippen molar-refractivity contribution in [1.29, 1.82) is 0 Å². The number of halogens is 1. The van der Waals surface area contributed by atoms with Gasteiger partial charge >= 0.3 is 0 Å². The molecule has 0 saturated heterocycles. The maximum Gasteiger partial charge on any atom is 0.147 e. The SMILES string of the molecule is CCOc1cccc2c1nc(CCl)n2C(C)(CC)CC. The van der Waals surface area contributed by atoms with Crippen molar-refractivity contribution < 1.29 is 4.74 Å². The standard InChI is InChI=1S/C16H23ClN2O/c1-5-16(4,6-2)19-12-9-8-10-13(20-7-3)15(12)18-14(19)11-17/h8-10H,5-7,11H2,1-4H3. The second-order valence-corrected chi connectivity index (χ2v) is 5.53. The molecule has 2 aromatic rings. The Kier molecular flexibility index (Phi) is 4.59. The molecule has 1 heterocycles. The highest BCUT2D eigenvalue weighted by Gasteiger charge is 2.27. The second-order valence-electron chi connectivity index (χ2n) is 5.26. The number of hydrogen-bond donors (Lipinski definition) is 0. The van der Waals surface area contributed by atoms with Gasteiger partial charge in [-0.3, -0.25) is 0 Å². The Hall–Kier alpha value is -1.22. The third-order valence-corrected chi connectivity index (χ3v) is 4.44. The zero-order valence-corrected chi connectivity index (χ0v) is 13.5. The Morgan fingerprint density at radius 3 is 2.50 bits per heavy atom. The Morgan fingerprint density at radius 2 is 1.95 bits per heavy atom. The molecule has 2 rings (SSSR count). The fraction of sp³-hybridized carbons (Fsp3) is 0.562. The van der Waals surface area contributed by atoms with Crippen LogP contribution in [0, 0.1) is 0 Å². The Morgan fingerprint density at radius 1 is 1.25 bits per heavy atom. The van der Waals surface area contributed by atoms with Crippen LogP contribution in [0.5, 0.6) is 5.75 Å². The molecule has 20 heavy (non-hydrogen) atoms. The van der Waals surface area contributed by atoms with Crippen LogP contribution in [-0.2, 0) is 11.4 Å². The molecule has 0 aliphatic rings. The molecule has 3 nitrogen and oxygen atoms in total. The van der Waals surface area contributed by atoms with E-state index in [-0.39, 0.29) is 5.54 Å². The molecule has 0 N–H and O–H groups in total. The van der Waals surface area contributed by atoms with E-state index in [0.717, 1.165) is 35.4 Å². The lowest BCUT2D eigenvalue weighted by atomic mass is 9.94. The van der Waals surface area contributed by atoms with Crippen molar-refractivity contribution in [3.8, 4) is 5.75 Å². The fourth-order valence-electron chi connectivity index (χ4n) is 2.65. The summed E-state index contributed by atoms with van der Waals surface area (Å²) in [5.41, 5.74) is 2.06. The lowest BCUT2D eigenvalue weighted by molar-refractivity contribution is 0.296. The average molecular weight is 295 g/mol. The number of hydrogen-bond acceptors (Lipinski definition) is 2. The Balaban J connectivity index is 2.73. The van der Waals surface area contributed by atoms with E-state index in [1.54, 1.807) is 0 Å². The van der Waals surface area contributed by atoms with Gasteiger partial charge in [0, 0.05) is 5.54 Å². The summed E-state index contributed by atoms with van der Waals surface area (Å²) in [4.78, 5) is 4.72. The summed E-state index contributed by atoms with van der Waals surface area (Å²) in [6, 6.07) is 6.09. The molecule has 0 unspecified atom stereocenters. The minimum Gasteiger partial charge on any atom is -0.492 e. The van der Waals surface area contributed by atoms with Crippen LogP contribution in [0.4, 0.5) is 0 Å². The first-order valence-electron chi connectivity index (χ1n) is 7.30. The highest BCUT2D eigenvalue weighted by Crippen LogP contribution is 2.34. The van der Waals surface area contributed by atoms with Crippen molar-refractivity contribution in [2.24, 2.45) is 0 Å². The molecular weight excluding hydrogens is 272 g/mol. The summed E-state index contributed by atoms with van der Waals surface area (Å²) >= 11 is 6.13. The van der Waals surface area contributed by atoms with Crippen molar-refractivity contribution in [3.05, 3.63) is 24.0 Å². The lowest BCUT2D eigenvalue weighted by Gasteiger charge is -2.31. The van der Waals surface area contributed by atoms with E-state index in [9.17, 15) is 0 Å². The normalized spacial score (nSPS) is 12.1. The van der Waals surface area contributed by atoms with Crippen LogP contribution in [-0.4, -0.2) is 16.2 Å². The molecule has 0 fully saturated rings. The van der Waals surface area contributed by atoms with E-state index in [1.807, 2.05) is 19.1 Å². The molecule has 0 aliphatic carbocycles. The molecule has 0 bridgehead atoms. The Bertz CT molecular complexity index is 587. The molecule has 110 valence electrons. The van der Waals surface area contributed by atoms with Gasteiger partial charge in [-0.1, -0.05) is 19.9 Å². The number of para-hydroxylation sites is 1. The average Bonchev–Trinajstić information content (AvgIpc) is 2.87. The van der Waals surface area contributed by atoms with Crippen LogP contribution in [0.2, 0.25) is 0 Å². The number of rotatable bonds is 6. The number of imidazole rings is 1. The lowest BCUT2D eigenvalue weighted by Crippen LogP contribution is -2.29. The Labute approximate surface area is 125 Å². The summed E-state index contributed by atoms with van der Waals surface area (Å²) in [5, 5.41) is 0. The molecule has 0 spiro atoms. The van der Waals surface area contributed by atoms with E-state index in [1.165, 1.54) is 0 Å². The topological polar surface area (TPSA) is 27.1 Å². The van der Waals surface area contributed by atoms with Crippen LogP contribution in [0.15, 0.2) is 18.2 Å². The largest absolute Gasteiger partial charge is 0.492 e. The van der Waals surface area contributed by atoms with Crippen molar-refractivity contribution >= 4 is 22.6 Å². The number of ether oxygens (including phenoxy) is 1. The summed E-state index contributed by atoms with van der Waals surface area (Å²) in [6.07, 6.45) is 2.08. The molecule has 1 aromatic heterocycles. The molecule has 0 atom stereocenters. The highest BCUT2D eigenvalue weighted by atomic mass is 35.5. The first kappa shape index (κ1) is 15.2. The summed E-state index contributed by atoms with van der Waals surface area (Å²) in [6.45, 7) is 9.30. The molecule has 1 aromatic carbocycles. The predicted octanol–water partition coefficient (Wildman–Crippen LogP) is 4.71. The summed E-state index contributed by atoms with van der Waals surface area (Å²) in [5.74, 6) is 2.17. The van der Waals surface area contributed by atoms with E-state index < -0.39 is 0 Å². The van der Waals surface area contributed by atoms with Crippen LogP contribution in [0.3, 0.4) is 0 Å². The number of nitrogens with zero attached hydrogens (tertiary/aromatic N) is 2. The number of benzene rings is 1. The van der Waals surface area contributed by atoms with Gasteiger partial charge in [0.05, 0.1) is 18.0 Å². The van der Waals surface area contributed by atoms with Crippen LogP contribution in [0.1, 0.15) is 46.4 Å². The molecule has 0 saturated carbocycles.